The summed E-state index contributed by atoms with van der Waals surface area (Å²) in [4.78, 5) is 1.99. The summed E-state index contributed by atoms with van der Waals surface area (Å²) in [5.74, 6) is -19.4. The molecular weight excluding hydrogens is 676 g/mol. The van der Waals surface area contributed by atoms with Gasteiger partial charge in [0, 0.05) is 6.42 Å². The number of halogens is 10. The van der Waals surface area contributed by atoms with Crippen LogP contribution >= 0.6 is 11.8 Å². The molecule has 0 spiro atoms. The molecule has 14 heteroatoms. The molecule has 0 aromatic heterocycles. The lowest BCUT2D eigenvalue weighted by Gasteiger charge is -2.53. The molecule has 3 nitrogen and oxygen atoms in total. The summed E-state index contributed by atoms with van der Waals surface area (Å²) in [6.45, 7) is 7.55. The average molecular weight is 722 g/mol. The molecule has 2 saturated carbocycles. The van der Waals surface area contributed by atoms with Crippen molar-refractivity contribution in [2.75, 3.05) is 31.6 Å². The van der Waals surface area contributed by atoms with Gasteiger partial charge in [-0.25, -0.2) is 4.39 Å². The minimum Gasteiger partial charge on any atom is -0.508 e. The normalized spacial score (nSPS) is 29.6. The second-order valence-electron chi connectivity index (χ2n) is 14.1. The molecule has 3 aliphatic carbocycles. The van der Waals surface area contributed by atoms with Gasteiger partial charge in [-0.05, 0) is 128 Å². The molecule has 0 bridgehead atoms. The van der Waals surface area contributed by atoms with E-state index in [4.69, 9.17) is 0 Å². The number of aliphatic hydroxyl groups is 1. The fraction of sp³-hybridized carbons (Fsp3) is 0.765. The first-order valence-corrected chi connectivity index (χ1v) is 17.6. The fourth-order valence-corrected chi connectivity index (χ4v) is 9.27. The van der Waals surface area contributed by atoms with Crippen molar-refractivity contribution < 1.29 is 54.1 Å². The molecule has 0 amide bonds. The second-order valence-corrected chi connectivity index (χ2v) is 15.3. The monoisotopic (exact) mass is 721 g/mol. The zero-order valence-electron chi connectivity index (χ0n) is 27.1. The van der Waals surface area contributed by atoms with Crippen molar-refractivity contribution in [2.45, 2.75) is 107 Å². The lowest BCUT2D eigenvalue weighted by Crippen LogP contribution is -2.60. The minimum atomic E-state index is -6.86. The summed E-state index contributed by atoms with van der Waals surface area (Å²) in [7, 11) is 1.84. The van der Waals surface area contributed by atoms with Crippen LogP contribution in [0.4, 0.5) is 43.9 Å². The van der Waals surface area contributed by atoms with Crippen molar-refractivity contribution >= 4 is 11.8 Å². The van der Waals surface area contributed by atoms with E-state index in [0.29, 0.717) is 37.9 Å². The van der Waals surface area contributed by atoms with Gasteiger partial charge in [0.05, 0.1) is 6.10 Å². The van der Waals surface area contributed by atoms with Crippen molar-refractivity contribution in [3.05, 3.63) is 41.5 Å². The zero-order chi connectivity index (χ0) is 35.9. The summed E-state index contributed by atoms with van der Waals surface area (Å²) < 4.78 is 133. The molecule has 0 radical (unpaired) electrons. The van der Waals surface area contributed by atoms with Gasteiger partial charge in [0.2, 0.25) is 0 Å². The topological polar surface area (TPSA) is 43.7 Å². The van der Waals surface area contributed by atoms with Crippen LogP contribution in [0.15, 0.2) is 30.4 Å². The van der Waals surface area contributed by atoms with Crippen molar-refractivity contribution in [1.82, 2.24) is 4.90 Å². The molecule has 1 aromatic carbocycles. The molecule has 48 heavy (non-hydrogen) atoms. The van der Waals surface area contributed by atoms with Crippen molar-refractivity contribution in [1.29, 1.82) is 0 Å². The number of phenols is 1. The highest BCUT2D eigenvalue weighted by Crippen LogP contribution is 2.66. The highest BCUT2D eigenvalue weighted by molar-refractivity contribution is 7.99. The molecule has 274 valence electrons. The molecule has 0 aliphatic heterocycles. The number of thioether (sulfide) groups is 1. The van der Waals surface area contributed by atoms with Crippen LogP contribution in [-0.2, 0) is 0 Å². The van der Waals surface area contributed by atoms with E-state index in [9.17, 15) is 49.7 Å². The smallest absolute Gasteiger partial charge is 0.460 e. The first kappa shape index (κ1) is 39.1. The van der Waals surface area contributed by atoms with Crippen LogP contribution in [0.2, 0.25) is 0 Å². The van der Waals surface area contributed by atoms with Gasteiger partial charge in [0.15, 0.2) is 0 Å². The first-order valence-electron chi connectivity index (χ1n) is 16.5. The van der Waals surface area contributed by atoms with Crippen molar-refractivity contribution in [3.63, 3.8) is 0 Å². The second kappa shape index (κ2) is 14.5. The molecule has 0 saturated heterocycles. The number of hydrogen-bond acceptors (Lipinski definition) is 4. The van der Waals surface area contributed by atoms with E-state index >= 15 is 4.39 Å². The van der Waals surface area contributed by atoms with E-state index in [2.05, 4.69) is 13.5 Å². The van der Waals surface area contributed by atoms with Crippen LogP contribution in [0.5, 0.6) is 5.75 Å². The van der Waals surface area contributed by atoms with E-state index in [1.165, 1.54) is 0 Å². The minimum absolute atomic E-state index is 0.0328. The Balaban J connectivity index is 1.21. The van der Waals surface area contributed by atoms with Crippen LogP contribution in [-0.4, -0.2) is 76.8 Å². The van der Waals surface area contributed by atoms with Crippen molar-refractivity contribution in [3.8, 4) is 5.75 Å². The molecule has 1 aromatic rings. The summed E-state index contributed by atoms with van der Waals surface area (Å²) in [5, 5.41) is 20.9. The summed E-state index contributed by atoms with van der Waals surface area (Å²) in [5.41, 5.74) is 2.09. The Morgan fingerprint density at radius 2 is 1.60 bits per heavy atom. The van der Waals surface area contributed by atoms with E-state index in [1.807, 2.05) is 18.0 Å². The van der Waals surface area contributed by atoms with E-state index in [1.54, 1.807) is 12.1 Å². The summed E-state index contributed by atoms with van der Waals surface area (Å²) >= 11 is 0.777. The largest absolute Gasteiger partial charge is 0.508 e. The van der Waals surface area contributed by atoms with Crippen LogP contribution in [0, 0.1) is 23.2 Å². The maximum atomic E-state index is 16.3. The highest BCUT2D eigenvalue weighted by atomic mass is 32.2. The molecular formula is C34H45F10NO2S. The first-order chi connectivity index (χ1) is 22.2. The van der Waals surface area contributed by atoms with Crippen molar-refractivity contribution in [2.24, 2.45) is 23.2 Å². The number of phenolic OH excluding ortho intramolecular Hbond substituents is 1. The van der Waals surface area contributed by atoms with Crippen LogP contribution < -0.4 is 0 Å². The SMILES string of the molecule is C=C1[C@H](O)CC2C3C(CC[C@]12C)c1ccc(O)cc1[C@H](F)C3CCCCCN(C)CCCSCCC(F)(F)C(F)(F)C(F)(F)C(F)(F)F. The Kier molecular flexibility index (Phi) is 11.8. The Morgan fingerprint density at radius 1 is 0.938 bits per heavy atom. The predicted molar refractivity (Wildman–Crippen MR) is 166 cm³/mol. The van der Waals surface area contributed by atoms with Crippen LogP contribution in [0.25, 0.3) is 0 Å². The number of fused-ring (bicyclic) bond motifs is 5. The standard InChI is InChI=1S/C34H45F10NO2S/c1-20-27(47)19-26-28-23(11-12-30(20,26)2)22-10-9-21(46)18-25(22)29(35)24(28)8-5-4-6-14-45(3)15-7-16-48-17-13-31(36,37)32(38,39)33(40,41)34(42,43)44/h9-10,18,23-24,26-29,46-47H,1,4-8,11-17,19H2,2-3H3/t23?,24?,26?,27-,28?,29-,30-/m1/s1. The maximum absolute atomic E-state index is 16.3. The number of alkyl halides is 10. The molecule has 0 heterocycles. The third-order valence-corrected chi connectivity index (χ3v) is 12.2. The van der Waals surface area contributed by atoms with Crippen LogP contribution in [0.1, 0.15) is 87.9 Å². The molecule has 7 atom stereocenters. The van der Waals surface area contributed by atoms with E-state index in [0.717, 1.165) is 55.0 Å². The van der Waals surface area contributed by atoms with Gasteiger partial charge < -0.3 is 15.1 Å². The van der Waals surface area contributed by atoms with Gasteiger partial charge in [0.25, 0.3) is 0 Å². The Bertz CT molecular complexity index is 1280. The third-order valence-electron chi connectivity index (χ3n) is 11.1. The van der Waals surface area contributed by atoms with E-state index in [-0.39, 0.29) is 40.6 Å². The van der Waals surface area contributed by atoms with Gasteiger partial charge in [-0.15, -0.1) is 0 Å². The van der Waals surface area contributed by atoms with Gasteiger partial charge in [-0.3, -0.25) is 0 Å². The number of aromatic hydroxyl groups is 1. The number of unbranched alkanes of at least 4 members (excludes halogenated alkanes) is 2. The fourth-order valence-electron chi connectivity index (χ4n) is 8.33. The lowest BCUT2D eigenvalue weighted by molar-refractivity contribution is -0.396. The van der Waals surface area contributed by atoms with Gasteiger partial charge in [-0.2, -0.15) is 51.3 Å². The van der Waals surface area contributed by atoms with Gasteiger partial charge >= 0.3 is 23.9 Å². The number of rotatable bonds is 15. The Morgan fingerprint density at radius 3 is 2.27 bits per heavy atom. The molecule has 2 fully saturated rings. The average Bonchev–Trinajstić information content (AvgIpc) is 3.23. The van der Waals surface area contributed by atoms with Gasteiger partial charge in [0.1, 0.15) is 11.9 Å². The maximum Gasteiger partial charge on any atom is 0.460 e. The Hall–Kier alpha value is -1.67. The lowest BCUT2D eigenvalue weighted by atomic mass is 9.51. The summed E-state index contributed by atoms with van der Waals surface area (Å²) in [6.07, 6.45) is -4.70. The van der Waals surface area contributed by atoms with Gasteiger partial charge in [-0.1, -0.05) is 32.4 Å². The van der Waals surface area contributed by atoms with E-state index < -0.39 is 48.4 Å². The molecule has 4 rings (SSSR count). The number of aliphatic hydroxyl groups excluding tert-OH is 1. The van der Waals surface area contributed by atoms with Crippen LogP contribution in [0.3, 0.4) is 0 Å². The highest BCUT2D eigenvalue weighted by Gasteiger charge is 2.81. The molecule has 3 aliphatic rings. The number of benzene rings is 1. The zero-order valence-corrected chi connectivity index (χ0v) is 27.9. The quantitative estimate of drug-likeness (QED) is 0.108. The Labute approximate surface area is 279 Å². The summed E-state index contributed by atoms with van der Waals surface area (Å²) in [6, 6.07) is 5.00. The predicted octanol–water partition coefficient (Wildman–Crippen LogP) is 9.94. The molecule has 4 unspecified atom stereocenters. The third kappa shape index (κ3) is 7.36. The number of hydrogen-bond donors (Lipinski definition) is 2. The molecule has 2 N–H and O–H groups in total. The number of nitrogens with zero attached hydrogens (tertiary/aromatic N) is 1.